The van der Waals surface area contributed by atoms with E-state index in [0.717, 1.165) is 31.2 Å². The van der Waals surface area contributed by atoms with Crippen molar-refractivity contribution < 1.29 is 0 Å². The van der Waals surface area contributed by atoms with Crippen LogP contribution in [0, 0.1) is 0 Å². The van der Waals surface area contributed by atoms with Crippen molar-refractivity contribution in [1.82, 2.24) is 10.6 Å². The maximum absolute atomic E-state index is 5.54. The predicted octanol–water partition coefficient (Wildman–Crippen LogP) is 1.94. The first-order valence-corrected chi connectivity index (χ1v) is 4.89. The van der Waals surface area contributed by atoms with E-state index in [1.807, 2.05) is 30.3 Å². The Hall–Kier alpha value is -0.280. The zero-order valence-corrected chi connectivity index (χ0v) is 9.57. The maximum Gasteiger partial charge on any atom is 0.0405 e. The summed E-state index contributed by atoms with van der Waals surface area (Å²) in [6.45, 7) is 4.56. The van der Waals surface area contributed by atoms with Crippen molar-refractivity contribution in [2.24, 2.45) is 0 Å². The van der Waals surface area contributed by atoms with E-state index < -0.39 is 0 Å². The molecule has 1 aromatic rings. The largest absolute Gasteiger partial charge is 0.314 e. The Morgan fingerprint density at radius 3 is 1.50 bits per heavy atom. The van der Waals surface area contributed by atoms with Crippen LogP contribution in [0.25, 0.3) is 0 Å². The lowest BCUT2D eigenvalue weighted by Crippen LogP contribution is -2.39. The van der Waals surface area contributed by atoms with Gasteiger partial charge in [-0.25, -0.2) is 0 Å². The minimum absolute atomic E-state index is 0. The summed E-state index contributed by atoms with van der Waals surface area (Å²) in [4.78, 5) is 0. The summed E-state index contributed by atoms with van der Waals surface area (Å²) in [7, 11) is 0. The molecule has 1 fully saturated rings. The molecule has 0 amide bonds. The van der Waals surface area contributed by atoms with Crippen molar-refractivity contribution in [2.75, 3.05) is 26.2 Å². The normalized spacial score (nSPS) is 14.6. The molecule has 2 nitrogen and oxygen atoms in total. The zero-order chi connectivity index (χ0) is 9.36. The minimum Gasteiger partial charge on any atom is -0.314 e. The lowest BCUT2D eigenvalue weighted by atomic mass is 10.4. The van der Waals surface area contributed by atoms with E-state index in [-0.39, 0.29) is 12.4 Å². The Morgan fingerprint density at radius 1 is 0.857 bits per heavy atom. The van der Waals surface area contributed by atoms with Gasteiger partial charge in [0.15, 0.2) is 0 Å². The molecule has 80 valence electrons. The van der Waals surface area contributed by atoms with Crippen molar-refractivity contribution in [3.05, 3.63) is 35.4 Å². The van der Waals surface area contributed by atoms with E-state index in [0.29, 0.717) is 0 Å². The van der Waals surface area contributed by atoms with Gasteiger partial charge >= 0.3 is 0 Å². The number of rotatable bonds is 0. The molecule has 1 aliphatic heterocycles. The summed E-state index contributed by atoms with van der Waals surface area (Å²) in [5, 5.41) is 7.24. The molecule has 2 N–H and O–H groups in total. The summed E-state index contributed by atoms with van der Waals surface area (Å²) < 4.78 is 0. The molecule has 1 aliphatic rings. The fourth-order valence-electron chi connectivity index (χ4n) is 1.02. The van der Waals surface area contributed by atoms with Gasteiger partial charge in [0.1, 0.15) is 0 Å². The van der Waals surface area contributed by atoms with Crippen LogP contribution in [0.2, 0.25) is 5.02 Å². The first-order chi connectivity index (χ1) is 6.39. The van der Waals surface area contributed by atoms with Crippen LogP contribution in [0.3, 0.4) is 0 Å². The molecule has 0 aromatic heterocycles. The second kappa shape index (κ2) is 9.28. The molecule has 0 bridgehead atoms. The molecule has 0 spiro atoms. The van der Waals surface area contributed by atoms with Crippen molar-refractivity contribution in [3.63, 3.8) is 0 Å². The Kier molecular flexibility index (Phi) is 9.10. The quantitative estimate of drug-likeness (QED) is 0.718. The molecule has 0 saturated carbocycles. The summed E-state index contributed by atoms with van der Waals surface area (Å²) in [5.74, 6) is 0. The van der Waals surface area contributed by atoms with Crippen molar-refractivity contribution in [3.8, 4) is 0 Å². The fourth-order valence-corrected chi connectivity index (χ4v) is 1.16. The van der Waals surface area contributed by atoms with Crippen LogP contribution in [0.15, 0.2) is 30.3 Å². The van der Waals surface area contributed by atoms with Crippen molar-refractivity contribution in [1.29, 1.82) is 0 Å². The Morgan fingerprint density at radius 2 is 1.29 bits per heavy atom. The molecule has 0 unspecified atom stereocenters. The lowest BCUT2D eigenvalue weighted by Gasteiger charge is -2.11. The van der Waals surface area contributed by atoms with E-state index in [9.17, 15) is 0 Å². The predicted molar refractivity (Wildman–Crippen MR) is 64.4 cm³/mol. The van der Waals surface area contributed by atoms with Crippen LogP contribution in [0.4, 0.5) is 0 Å². The summed E-state index contributed by atoms with van der Waals surface area (Å²) in [6, 6.07) is 9.44. The Labute approximate surface area is 96.4 Å². The molecule has 0 aliphatic carbocycles. The van der Waals surface area contributed by atoms with E-state index in [1.165, 1.54) is 0 Å². The van der Waals surface area contributed by atoms with Gasteiger partial charge in [0.2, 0.25) is 0 Å². The summed E-state index contributed by atoms with van der Waals surface area (Å²) in [5.41, 5.74) is 0. The van der Waals surface area contributed by atoms with Gasteiger partial charge in [0, 0.05) is 31.2 Å². The minimum atomic E-state index is 0. The zero-order valence-electron chi connectivity index (χ0n) is 8.00. The van der Waals surface area contributed by atoms with Crippen molar-refractivity contribution in [2.45, 2.75) is 0 Å². The average Bonchev–Trinajstić information content (AvgIpc) is 2.22. The standard InChI is InChI=1S/C6H5Cl.C4H10N2.ClH/c7-6-4-2-1-3-5-6;1-2-6-4-3-5-1;/h1-5H;5-6H,1-4H2;1H. The molecule has 0 atom stereocenters. The Bertz CT molecular complexity index is 201. The van der Waals surface area contributed by atoms with Gasteiger partial charge in [0.25, 0.3) is 0 Å². The number of piperazine rings is 1. The van der Waals surface area contributed by atoms with Crippen molar-refractivity contribution >= 4 is 24.0 Å². The van der Waals surface area contributed by atoms with E-state index >= 15 is 0 Å². The molecule has 1 saturated heterocycles. The molecule has 0 radical (unpaired) electrons. The SMILES string of the molecule is C1CNCCN1.Cl.Clc1ccccc1. The molecule has 14 heavy (non-hydrogen) atoms. The highest BCUT2D eigenvalue weighted by atomic mass is 35.5. The van der Waals surface area contributed by atoms with E-state index in [4.69, 9.17) is 11.6 Å². The van der Waals surface area contributed by atoms with Gasteiger partial charge in [-0.05, 0) is 12.1 Å². The number of nitrogens with one attached hydrogen (secondary N) is 2. The molecular formula is C10H16Cl2N2. The van der Waals surface area contributed by atoms with Crippen LogP contribution in [-0.4, -0.2) is 26.2 Å². The van der Waals surface area contributed by atoms with Crippen LogP contribution < -0.4 is 10.6 Å². The third kappa shape index (κ3) is 7.15. The van der Waals surface area contributed by atoms with E-state index in [2.05, 4.69) is 10.6 Å². The molecule has 1 aromatic carbocycles. The first-order valence-electron chi connectivity index (χ1n) is 4.51. The summed E-state index contributed by atoms with van der Waals surface area (Å²) in [6.07, 6.45) is 0. The van der Waals surface area contributed by atoms with Crippen LogP contribution in [-0.2, 0) is 0 Å². The van der Waals surface area contributed by atoms with Crippen LogP contribution in [0.1, 0.15) is 0 Å². The first kappa shape index (κ1) is 13.7. The van der Waals surface area contributed by atoms with Gasteiger partial charge in [-0.1, -0.05) is 29.8 Å². The number of hydrogen-bond acceptors (Lipinski definition) is 2. The van der Waals surface area contributed by atoms with E-state index in [1.54, 1.807) is 0 Å². The number of hydrogen-bond donors (Lipinski definition) is 2. The highest BCUT2D eigenvalue weighted by molar-refractivity contribution is 6.30. The van der Waals surface area contributed by atoms with Crippen LogP contribution in [0.5, 0.6) is 0 Å². The van der Waals surface area contributed by atoms with Gasteiger partial charge in [-0.3, -0.25) is 0 Å². The smallest absolute Gasteiger partial charge is 0.0405 e. The van der Waals surface area contributed by atoms with Gasteiger partial charge in [0.05, 0.1) is 0 Å². The molecule has 2 rings (SSSR count). The number of benzene rings is 1. The third-order valence-corrected chi connectivity index (χ3v) is 1.94. The fraction of sp³-hybridized carbons (Fsp3) is 0.400. The second-order valence-electron chi connectivity index (χ2n) is 2.80. The average molecular weight is 235 g/mol. The van der Waals surface area contributed by atoms with Crippen LogP contribution >= 0.6 is 24.0 Å². The van der Waals surface area contributed by atoms with Gasteiger partial charge in [-0.15, -0.1) is 12.4 Å². The highest BCUT2D eigenvalue weighted by Crippen LogP contribution is 2.03. The third-order valence-electron chi connectivity index (χ3n) is 1.69. The second-order valence-corrected chi connectivity index (χ2v) is 3.23. The monoisotopic (exact) mass is 234 g/mol. The maximum atomic E-state index is 5.54. The van der Waals surface area contributed by atoms with Gasteiger partial charge < -0.3 is 10.6 Å². The summed E-state index contributed by atoms with van der Waals surface area (Å²) >= 11 is 5.54. The molecular weight excluding hydrogens is 219 g/mol. The topological polar surface area (TPSA) is 24.1 Å². The van der Waals surface area contributed by atoms with Gasteiger partial charge in [-0.2, -0.15) is 0 Å². The lowest BCUT2D eigenvalue weighted by molar-refractivity contribution is 0.534. The Balaban J connectivity index is 0.000000227. The highest BCUT2D eigenvalue weighted by Gasteiger charge is 1.91. The molecule has 4 heteroatoms. The molecule has 1 heterocycles. The number of halogens is 2.